The summed E-state index contributed by atoms with van der Waals surface area (Å²) in [7, 11) is 0. The van der Waals surface area contributed by atoms with Gasteiger partial charge in [-0.1, -0.05) is 59.8 Å². The van der Waals surface area contributed by atoms with Gasteiger partial charge in [-0.15, -0.1) is 10.2 Å². The fourth-order valence-corrected chi connectivity index (χ4v) is 4.65. The van der Waals surface area contributed by atoms with E-state index < -0.39 is 0 Å². The lowest BCUT2D eigenvalue weighted by Gasteiger charge is -2.16. The number of fused-ring (bicyclic) bond motifs is 1. The highest BCUT2D eigenvalue weighted by Crippen LogP contribution is 2.28. The van der Waals surface area contributed by atoms with Gasteiger partial charge in [-0.05, 0) is 56.2 Å². The lowest BCUT2D eigenvalue weighted by atomic mass is 10.1. The number of para-hydroxylation sites is 2. The predicted octanol–water partition coefficient (Wildman–Crippen LogP) is 5.65. The molecule has 0 aliphatic heterocycles. The Morgan fingerprint density at radius 3 is 2.36 bits per heavy atom. The van der Waals surface area contributed by atoms with Crippen molar-refractivity contribution in [2.75, 3.05) is 0 Å². The fraction of sp³-hybridized carbons (Fsp3) is 0.154. The number of hydrogen-bond donors (Lipinski definition) is 0. The van der Waals surface area contributed by atoms with Crippen LogP contribution in [0.25, 0.3) is 28.0 Å². The van der Waals surface area contributed by atoms with E-state index in [9.17, 15) is 4.79 Å². The molecule has 0 N–H and O–H groups in total. The molecule has 0 spiro atoms. The van der Waals surface area contributed by atoms with Crippen LogP contribution in [0.4, 0.5) is 0 Å². The van der Waals surface area contributed by atoms with Crippen LogP contribution in [0.2, 0.25) is 0 Å². The van der Waals surface area contributed by atoms with Gasteiger partial charge in [0.05, 0.1) is 22.3 Å². The second-order valence-electron chi connectivity index (χ2n) is 7.95. The molecule has 0 amide bonds. The van der Waals surface area contributed by atoms with E-state index in [1.54, 1.807) is 4.57 Å². The molecule has 0 fully saturated rings. The zero-order valence-electron chi connectivity index (χ0n) is 18.6. The summed E-state index contributed by atoms with van der Waals surface area (Å²) in [4.78, 5) is 18.4. The van der Waals surface area contributed by atoms with Crippen LogP contribution in [-0.2, 0) is 5.75 Å². The van der Waals surface area contributed by atoms with Gasteiger partial charge < -0.3 is 4.42 Å². The molecule has 7 heteroatoms. The highest BCUT2D eigenvalue weighted by atomic mass is 32.2. The SMILES string of the molecule is Cc1ccc(-c2nnc(CSc3nc4ccccc4c(=O)n3-c3c(C)cccc3C)o2)cc1. The molecule has 0 saturated carbocycles. The molecule has 5 rings (SSSR count). The summed E-state index contributed by atoms with van der Waals surface area (Å²) in [6.07, 6.45) is 0. The molecule has 0 radical (unpaired) electrons. The Morgan fingerprint density at radius 2 is 1.61 bits per heavy atom. The van der Waals surface area contributed by atoms with Crippen LogP contribution in [0, 0.1) is 20.8 Å². The minimum absolute atomic E-state index is 0.0913. The smallest absolute Gasteiger partial charge is 0.266 e. The number of aromatic nitrogens is 4. The molecule has 0 unspecified atom stereocenters. The summed E-state index contributed by atoms with van der Waals surface area (Å²) < 4.78 is 7.59. The van der Waals surface area contributed by atoms with E-state index in [-0.39, 0.29) is 5.56 Å². The first-order valence-electron chi connectivity index (χ1n) is 10.6. The number of nitrogens with zero attached hydrogens (tertiary/aromatic N) is 4. The molecule has 3 aromatic carbocycles. The van der Waals surface area contributed by atoms with Gasteiger partial charge >= 0.3 is 0 Å². The van der Waals surface area contributed by atoms with Crippen molar-refractivity contribution >= 4 is 22.7 Å². The van der Waals surface area contributed by atoms with Crippen LogP contribution in [0.5, 0.6) is 0 Å². The average Bonchev–Trinajstić information content (AvgIpc) is 3.29. The van der Waals surface area contributed by atoms with E-state index in [2.05, 4.69) is 10.2 Å². The van der Waals surface area contributed by atoms with E-state index in [0.29, 0.717) is 33.6 Å². The van der Waals surface area contributed by atoms with Crippen LogP contribution >= 0.6 is 11.8 Å². The quantitative estimate of drug-likeness (QED) is 0.252. The molecule has 33 heavy (non-hydrogen) atoms. The lowest BCUT2D eigenvalue weighted by molar-refractivity contribution is 0.528. The maximum atomic E-state index is 13.5. The van der Waals surface area contributed by atoms with Gasteiger partial charge in [-0.25, -0.2) is 4.98 Å². The summed E-state index contributed by atoms with van der Waals surface area (Å²) in [5, 5.41) is 9.56. The summed E-state index contributed by atoms with van der Waals surface area (Å²) in [6.45, 7) is 6.04. The summed E-state index contributed by atoms with van der Waals surface area (Å²) >= 11 is 1.41. The maximum Gasteiger partial charge on any atom is 0.266 e. The number of benzene rings is 3. The summed E-state index contributed by atoms with van der Waals surface area (Å²) in [6, 6.07) is 21.4. The van der Waals surface area contributed by atoms with E-state index in [4.69, 9.17) is 9.40 Å². The Morgan fingerprint density at radius 1 is 0.879 bits per heavy atom. The predicted molar refractivity (Wildman–Crippen MR) is 131 cm³/mol. The van der Waals surface area contributed by atoms with Crippen molar-refractivity contribution in [2.24, 2.45) is 0 Å². The van der Waals surface area contributed by atoms with Gasteiger partial charge in [0.2, 0.25) is 11.8 Å². The van der Waals surface area contributed by atoms with Crippen LogP contribution in [0.15, 0.2) is 81.1 Å². The van der Waals surface area contributed by atoms with Crippen molar-refractivity contribution in [1.82, 2.24) is 19.7 Å². The molecule has 5 aromatic rings. The zero-order valence-corrected chi connectivity index (χ0v) is 19.4. The molecular formula is C26H22N4O2S. The van der Waals surface area contributed by atoms with Crippen molar-refractivity contribution in [3.8, 4) is 17.1 Å². The first kappa shape index (κ1) is 21.2. The molecule has 0 aliphatic carbocycles. The number of rotatable bonds is 5. The van der Waals surface area contributed by atoms with Crippen LogP contribution < -0.4 is 5.56 Å². The topological polar surface area (TPSA) is 73.8 Å². The Bertz CT molecular complexity index is 1500. The van der Waals surface area contributed by atoms with Gasteiger partial charge in [0.1, 0.15) is 0 Å². The monoisotopic (exact) mass is 454 g/mol. The number of hydrogen-bond acceptors (Lipinski definition) is 6. The van der Waals surface area contributed by atoms with Crippen LogP contribution in [0.1, 0.15) is 22.6 Å². The van der Waals surface area contributed by atoms with Crippen LogP contribution in [0.3, 0.4) is 0 Å². The molecule has 0 bridgehead atoms. The maximum absolute atomic E-state index is 13.5. The lowest BCUT2D eigenvalue weighted by Crippen LogP contribution is -2.23. The zero-order chi connectivity index (χ0) is 22.9. The summed E-state index contributed by atoms with van der Waals surface area (Å²) in [5.74, 6) is 1.35. The Kier molecular flexibility index (Phi) is 5.56. The Balaban J connectivity index is 1.54. The molecule has 6 nitrogen and oxygen atoms in total. The Hall–Kier alpha value is -3.71. The van der Waals surface area contributed by atoms with Gasteiger partial charge in [0.25, 0.3) is 5.56 Å². The molecule has 2 heterocycles. The van der Waals surface area contributed by atoms with Crippen LogP contribution in [-0.4, -0.2) is 19.7 Å². The third-order valence-electron chi connectivity index (χ3n) is 5.50. The van der Waals surface area contributed by atoms with Gasteiger partial charge in [-0.2, -0.15) is 0 Å². The first-order chi connectivity index (χ1) is 16.0. The Labute approximate surface area is 195 Å². The van der Waals surface area contributed by atoms with Gasteiger partial charge in [0.15, 0.2) is 5.16 Å². The second kappa shape index (κ2) is 8.67. The van der Waals surface area contributed by atoms with Crippen molar-refractivity contribution in [1.29, 1.82) is 0 Å². The molecule has 0 atom stereocenters. The standard InChI is InChI=1S/C26H22N4O2S/c1-16-11-13-19(14-12-16)24-29-28-22(32-24)15-33-26-27-21-10-5-4-9-20(21)25(31)30(26)23-17(2)7-6-8-18(23)3/h4-14H,15H2,1-3H3. The third kappa shape index (κ3) is 4.07. The molecule has 164 valence electrons. The van der Waals surface area contributed by atoms with E-state index >= 15 is 0 Å². The minimum Gasteiger partial charge on any atom is -0.420 e. The highest BCUT2D eigenvalue weighted by molar-refractivity contribution is 7.98. The third-order valence-corrected chi connectivity index (χ3v) is 6.42. The van der Waals surface area contributed by atoms with E-state index in [1.807, 2.05) is 87.5 Å². The normalized spacial score (nSPS) is 11.2. The first-order valence-corrected chi connectivity index (χ1v) is 11.6. The van der Waals surface area contributed by atoms with Crippen molar-refractivity contribution in [3.05, 3.63) is 99.7 Å². The number of aryl methyl sites for hydroxylation is 3. The van der Waals surface area contributed by atoms with Gasteiger partial charge in [-0.3, -0.25) is 9.36 Å². The molecular weight excluding hydrogens is 432 g/mol. The largest absolute Gasteiger partial charge is 0.420 e. The average molecular weight is 455 g/mol. The van der Waals surface area contributed by atoms with Crippen molar-refractivity contribution < 1.29 is 4.42 Å². The second-order valence-corrected chi connectivity index (χ2v) is 8.89. The van der Waals surface area contributed by atoms with Crippen molar-refractivity contribution in [3.63, 3.8) is 0 Å². The van der Waals surface area contributed by atoms with E-state index in [1.165, 1.54) is 17.3 Å². The van der Waals surface area contributed by atoms with E-state index in [0.717, 1.165) is 22.4 Å². The minimum atomic E-state index is -0.0913. The molecule has 0 saturated heterocycles. The van der Waals surface area contributed by atoms with Gasteiger partial charge in [0, 0.05) is 5.56 Å². The highest BCUT2D eigenvalue weighted by Gasteiger charge is 2.18. The molecule has 0 aliphatic rings. The summed E-state index contributed by atoms with van der Waals surface area (Å²) in [5.41, 5.74) is 5.49. The fourth-order valence-electron chi connectivity index (χ4n) is 3.82. The van der Waals surface area contributed by atoms with Crippen molar-refractivity contribution in [2.45, 2.75) is 31.7 Å². The number of thioether (sulfide) groups is 1. The molecule has 2 aromatic heterocycles.